The van der Waals surface area contributed by atoms with Crippen molar-refractivity contribution in [3.63, 3.8) is 0 Å². The first-order chi connectivity index (χ1) is 7.74. The highest BCUT2D eigenvalue weighted by Crippen LogP contribution is 2.44. The van der Waals surface area contributed by atoms with Crippen LogP contribution in [0.5, 0.6) is 0 Å². The summed E-state index contributed by atoms with van der Waals surface area (Å²) in [6, 6.07) is 5.47. The lowest BCUT2D eigenvalue weighted by Gasteiger charge is -2.41. The van der Waals surface area contributed by atoms with Gasteiger partial charge in [-0.2, -0.15) is 0 Å². The molecule has 1 saturated carbocycles. The first-order valence-corrected chi connectivity index (χ1v) is 6.70. The third kappa shape index (κ3) is 1.75. The van der Waals surface area contributed by atoms with Crippen molar-refractivity contribution in [1.82, 2.24) is 0 Å². The van der Waals surface area contributed by atoms with E-state index in [1.54, 1.807) is 6.07 Å². The monoisotopic (exact) mass is 329 g/mol. The predicted octanol–water partition coefficient (Wildman–Crippen LogP) is 3.81. The van der Waals surface area contributed by atoms with E-state index in [4.69, 9.17) is 0 Å². The van der Waals surface area contributed by atoms with Crippen LogP contribution in [0.25, 0.3) is 0 Å². The van der Waals surface area contributed by atoms with Crippen molar-refractivity contribution in [2.24, 2.45) is 11.8 Å². The quantitative estimate of drug-likeness (QED) is 0.643. The summed E-state index contributed by atoms with van der Waals surface area (Å²) in [5.74, 6) is 1.39. The molecule has 0 spiro atoms. The molecule has 1 aromatic carbocycles. The maximum absolute atomic E-state index is 13.0. The Hall–Kier alpha value is -0.580. The van der Waals surface area contributed by atoms with E-state index >= 15 is 0 Å². The van der Waals surface area contributed by atoms with Gasteiger partial charge in [0.1, 0.15) is 5.82 Å². The van der Waals surface area contributed by atoms with E-state index < -0.39 is 0 Å². The van der Waals surface area contributed by atoms with Crippen molar-refractivity contribution in [1.29, 1.82) is 0 Å². The number of benzene rings is 1. The lowest BCUT2D eigenvalue weighted by atomic mass is 9.71. The second kappa shape index (κ2) is 4.02. The average Bonchev–Trinajstić information content (AvgIpc) is 2.59. The first kappa shape index (κ1) is 10.6. The molecule has 16 heavy (non-hydrogen) atoms. The van der Waals surface area contributed by atoms with Gasteiger partial charge in [0, 0.05) is 21.2 Å². The fourth-order valence-electron chi connectivity index (χ4n) is 2.69. The molecule has 0 radical (unpaired) electrons. The van der Waals surface area contributed by atoms with Crippen LogP contribution in [0.2, 0.25) is 0 Å². The van der Waals surface area contributed by atoms with Gasteiger partial charge in [-0.3, -0.25) is 0 Å². The smallest absolute Gasteiger partial charge is 0.124 e. The van der Waals surface area contributed by atoms with Gasteiger partial charge in [0.05, 0.1) is 0 Å². The van der Waals surface area contributed by atoms with Crippen LogP contribution >= 0.6 is 22.6 Å². The Morgan fingerprint density at radius 3 is 3.00 bits per heavy atom. The van der Waals surface area contributed by atoms with Gasteiger partial charge in [0.2, 0.25) is 0 Å². The number of hydrogen-bond acceptors (Lipinski definition) is 1. The third-order valence-electron chi connectivity index (χ3n) is 3.63. The number of anilines is 1. The van der Waals surface area contributed by atoms with E-state index in [-0.39, 0.29) is 5.82 Å². The van der Waals surface area contributed by atoms with Crippen molar-refractivity contribution >= 4 is 28.3 Å². The van der Waals surface area contributed by atoms with Gasteiger partial charge >= 0.3 is 0 Å². The fraction of sp³-hybridized carbons (Fsp3) is 0.385. The summed E-state index contributed by atoms with van der Waals surface area (Å²) in [6.45, 7) is 0. The number of fused-ring (bicyclic) bond motifs is 1. The molecule has 0 aliphatic heterocycles. The number of allylic oxidation sites excluding steroid dienone is 1. The lowest BCUT2D eigenvalue weighted by Crippen LogP contribution is -2.43. The Morgan fingerprint density at radius 2 is 2.25 bits per heavy atom. The number of hydrogen-bond donors (Lipinski definition) is 1. The van der Waals surface area contributed by atoms with Crippen LogP contribution in [0.4, 0.5) is 10.1 Å². The van der Waals surface area contributed by atoms with E-state index in [0.717, 1.165) is 15.2 Å². The zero-order valence-electron chi connectivity index (χ0n) is 8.79. The second-order valence-electron chi connectivity index (χ2n) is 4.61. The highest BCUT2D eigenvalue weighted by molar-refractivity contribution is 14.1. The molecule has 0 bridgehead atoms. The first-order valence-electron chi connectivity index (χ1n) is 5.62. The van der Waals surface area contributed by atoms with Gasteiger partial charge in [0.15, 0.2) is 0 Å². The highest BCUT2D eigenvalue weighted by atomic mass is 127. The summed E-state index contributed by atoms with van der Waals surface area (Å²) in [5, 5.41) is 3.52. The third-order valence-corrected chi connectivity index (χ3v) is 4.53. The summed E-state index contributed by atoms with van der Waals surface area (Å²) in [4.78, 5) is 0. The minimum absolute atomic E-state index is 0.165. The lowest BCUT2D eigenvalue weighted by molar-refractivity contribution is 0.218. The minimum atomic E-state index is -0.165. The maximum Gasteiger partial charge on any atom is 0.124 e. The SMILES string of the molecule is Fc1ccc(NC2CC3CC=CC32)c(I)c1. The summed E-state index contributed by atoms with van der Waals surface area (Å²) < 4.78 is 13.9. The van der Waals surface area contributed by atoms with E-state index in [0.29, 0.717) is 12.0 Å². The molecule has 1 N–H and O–H groups in total. The Labute approximate surface area is 108 Å². The van der Waals surface area contributed by atoms with Crippen LogP contribution in [0.15, 0.2) is 30.4 Å². The molecule has 84 valence electrons. The predicted molar refractivity (Wildman–Crippen MR) is 71.9 cm³/mol. The minimum Gasteiger partial charge on any atom is -0.381 e. The zero-order valence-corrected chi connectivity index (χ0v) is 10.9. The standard InChI is InChI=1S/C13H13FIN/c14-9-4-5-12(11(15)7-9)16-13-6-8-2-1-3-10(8)13/h1,3-5,7-8,10,13,16H,2,6H2. The van der Waals surface area contributed by atoms with Gasteiger partial charge in [-0.25, -0.2) is 4.39 Å². The normalized spacial score (nSPS) is 31.0. The second-order valence-corrected chi connectivity index (χ2v) is 5.77. The van der Waals surface area contributed by atoms with E-state index in [1.807, 2.05) is 6.07 Å². The van der Waals surface area contributed by atoms with Crippen molar-refractivity contribution in [2.45, 2.75) is 18.9 Å². The topological polar surface area (TPSA) is 12.0 Å². The van der Waals surface area contributed by atoms with Crippen molar-refractivity contribution in [3.8, 4) is 0 Å². The van der Waals surface area contributed by atoms with E-state index in [9.17, 15) is 4.39 Å². The Morgan fingerprint density at radius 1 is 1.38 bits per heavy atom. The number of rotatable bonds is 2. The molecule has 1 aromatic rings. The number of nitrogens with one attached hydrogen (secondary N) is 1. The van der Waals surface area contributed by atoms with Crippen molar-refractivity contribution < 1.29 is 4.39 Å². The summed E-state index contributed by atoms with van der Waals surface area (Å²) in [5.41, 5.74) is 1.06. The summed E-state index contributed by atoms with van der Waals surface area (Å²) in [6.07, 6.45) is 7.09. The van der Waals surface area contributed by atoms with Crippen LogP contribution in [0.3, 0.4) is 0 Å². The van der Waals surface area contributed by atoms with Gasteiger partial charge in [0.25, 0.3) is 0 Å². The van der Waals surface area contributed by atoms with Crippen LogP contribution in [0.1, 0.15) is 12.8 Å². The van der Waals surface area contributed by atoms with E-state index in [2.05, 4.69) is 40.1 Å². The molecule has 3 atom stereocenters. The molecule has 3 rings (SSSR count). The molecule has 3 unspecified atom stereocenters. The summed E-state index contributed by atoms with van der Waals surface area (Å²) in [7, 11) is 0. The molecule has 2 aliphatic carbocycles. The molecule has 0 aromatic heterocycles. The van der Waals surface area contributed by atoms with Crippen molar-refractivity contribution in [2.75, 3.05) is 5.32 Å². The molecule has 1 nitrogen and oxygen atoms in total. The van der Waals surface area contributed by atoms with Gasteiger partial charge in [-0.05, 0) is 59.5 Å². The van der Waals surface area contributed by atoms with Crippen LogP contribution < -0.4 is 5.32 Å². The largest absolute Gasteiger partial charge is 0.381 e. The molecular weight excluding hydrogens is 316 g/mol. The molecular formula is C13H13FIN. The maximum atomic E-state index is 13.0. The molecule has 0 saturated heterocycles. The van der Waals surface area contributed by atoms with E-state index in [1.165, 1.54) is 18.9 Å². The molecule has 0 amide bonds. The van der Waals surface area contributed by atoms with Gasteiger partial charge in [-0.1, -0.05) is 12.2 Å². The van der Waals surface area contributed by atoms with Gasteiger partial charge in [-0.15, -0.1) is 0 Å². The summed E-state index contributed by atoms with van der Waals surface area (Å²) >= 11 is 2.18. The Balaban J connectivity index is 1.73. The highest BCUT2D eigenvalue weighted by Gasteiger charge is 2.40. The fourth-order valence-corrected chi connectivity index (χ4v) is 3.32. The van der Waals surface area contributed by atoms with Crippen LogP contribution in [-0.4, -0.2) is 6.04 Å². The van der Waals surface area contributed by atoms with Gasteiger partial charge < -0.3 is 5.32 Å². The number of halogens is 2. The molecule has 0 heterocycles. The Bertz CT molecular complexity index is 444. The average molecular weight is 329 g/mol. The molecule has 2 aliphatic rings. The Kier molecular flexibility index (Phi) is 2.65. The molecule has 3 heteroatoms. The van der Waals surface area contributed by atoms with Crippen LogP contribution in [-0.2, 0) is 0 Å². The van der Waals surface area contributed by atoms with Crippen molar-refractivity contribution in [3.05, 3.63) is 39.7 Å². The zero-order chi connectivity index (χ0) is 11.1. The molecule has 1 fully saturated rings. The van der Waals surface area contributed by atoms with Crippen LogP contribution in [0, 0.1) is 21.2 Å².